The van der Waals surface area contributed by atoms with Crippen LogP contribution in [-0.4, -0.2) is 10.2 Å². The maximum Gasteiger partial charge on any atom is 0.0490 e. The standard InChI is InChI=1S/C14H26N2/c1-4-6-7-8-11-14(3,10-5-2)13-9-12-15-16-13/h9,12H,4-8,10-11H2,1-3H3,(H,15,16). The van der Waals surface area contributed by atoms with Crippen molar-refractivity contribution in [2.75, 3.05) is 0 Å². The molecule has 1 rings (SSSR count). The number of hydrogen-bond acceptors (Lipinski definition) is 1. The lowest BCUT2D eigenvalue weighted by Gasteiger charge is -2.28. The molecule has 1 N–H and O–H groups in total. The fourth-order valence-corrected chi connectivity index (χ4v) is 2.48. The van der Waals surface area contributed by atoms with E-state index in [4.69, 9.17) is 0 Å². The molecule has 0 saturated heterocycles. The van der Waals surface area contributed by atoms with Crippen LogP contribution in [0.2, 0.25) is 0 Å². The van der Waals surface area contributed by atoms with E-state index in [1.807, 2.05) is 6.20 Å². The zero-order chi connectivity index (χ0) is 11.9. The van der Waals surface area contributed by atoms with Gasteiger partial charge < -0.3 is 0 Å². The highest BCUT2D eigenvalue weighted by atomic mass is 15.1. The first-order valence-corrected chi connectivity index (χ1v) is 6.73. The average Bonchev–Trinajstić information content (AvgIpc) is 2.79. The Labute approximate surface area is 99.8 Å². The van der Waals surface area contributed by atoms with E-state index in [0.717, 1.165) is 0 Å². The maximum atomic E-state index is 4.09. The smallest absolute Gasteiger partial charge is 0.0490 e. The zero-order valence-corrected chi connectivity index (χ0v) is 11.1. The van der Waals surface area contributed by atoms with Gasteiger partial charge in [-0.1, -0.05) is 52.9 Å². The molecule has 0 aliphatic rings. The summed E-state index contributed by atoms with van der Waals surface area (Å²) in [5.74, 6) is 0. The van der Waals surface area contributed by atoms with Crippen LogP contribution in [0.25, 0.3) is 0 Å². The summed E-state index contributed by atoms with van der Waals surface area (Å²) in [7, 11) is 0. The minimum atomic E-state index is 0.305. The van der Waals surface area contributed by atoms with Crippen LogP contribution in [0.5, 0.6) is 0 Å². The highest BCUT2D eigenvalue weighted by molar-refractivity contribution is 5.12. The number of nitrogens with one attached hydrogen (secondary N) is 1. The van der Waals surface area contributed by atoms with E-state index in [0.29, 0.717) is 5.41 Å². The van der Waals surface area contributed by atoms with Gasteiger partial charge in [0.05, 0.1) is 0 Å². The van der Waals surface area contributed by atoms with E-state index in [2.05, 4.69) is 37.0 Å². The Kier molecular flexibility index (Phi) is 5.58. The van der Waals surface area contributed by atoms with Crippen molar-refractivity contribution in [3.8, 4) is 0 Å². The summed E-state index contributed by atoms with van der Waals surface area (Å²) in [5.41, 5.74) is 1.62. The molecular weight excluding hydrogens is 196 g/mol. The predicted molar refractivity (Wildman–Crippen MR) is 69.6 cm³/mol. The Balaban J connectivity index is 2.52. The minimum absolute atomic E-state index is 0.305. The molecule has 0 bridgehead atoms. The Morgan fingerprint density at radius 2 is 1.94 bits per heavy atom. The monoisotopic (exact) mass is 222 g/mol. The summed E-state index contributed by atoms with van der Waals surface area (Å²) in [5, 5.41) is 7.24. The van der Waals surface area contributed by atoms with Gasteiger partial charge in [-0.15, -0.1) is 0 Å². The molecule has 1 aromatic rings. The van der Waals surface area contributed by atoms with Crippen LogP contribution in [0.1, 0.15) is 71.4 Å². The average molecular weight is 222 g/mol. The van der Waals surface area contributed by atoms with Crippen LogP contribution in [0, 0.1) is 0 Å². The first kappa shape index (κ1) is 13.3. The van der Waals surface area contributed by atoms with Crippen molar-refractivity contribution in [1.29, 1.82) is 0 Å². The van der Waals surface area contributed by atoms with Gasteiger partial charge in [-0.2, -0.15) is 5.10 Å². The first-order chi connectivity index (χ1) is 7.73. The Morgan fingerprint density at radius 1 is 1.12 bits per heavy atom. The summed E-state index contributed by atoms with van der Waals surface area (Å²) in [6, 6.07) is 2.13. The van der Waals surface area contributed by atoms with Gasteiger partial charge >= 0.3 is 0 Å². The molecule has 0 saturated carbocycles. The molecule has 0 spiro atoms. The van der Waals surface area contributed by atoms with E-state index in [9.17, 15) is 0 Å². The highest BCUT2D eigenvalue weighted by Gasteiger charge is 2.26. The molecule has 1 heterocycles. The van der Waals surface area contributed by atoms with Gasteiger partial charge in [-0.3, -0.25) is 5.10 Å². The third-order valence-corrected chi connectivity index (χ3v) is 3.53. The van der Waals surface area contributed by atoms with E-state index >= 15 is 0 Å². The fourth-order valence-electron chi connectivity index (χ4n) is 2.48. The van der Waals surface area contributed by atoms with Crippen molar-refractivity contribution < 1.29 is 0 Å². The quantitative estimate of drug-likeness (QED) is 0.647. The maximum absolute atomic E-state index is 4.09. The topological polar surface area (TPSA) is 28.7 Å². The fraction of sp³-hybridized carbons (Fsp3) is 0.786. The molecular formula is C14H26N2. The van der Waals surface area contributed by atoms with E-state index in [1.165, 1.54) is 50.6 Å². The second-order valence-electron chi connectivity index (χ2n) is 5.09. The number of nitrogens with zero attached hydrogens (tertiary/aromatic N) is 1. The van der Waals surface area contributed by atoms with Crippen LogP contribution >= 0.6 is 0 Å². The van der Waals surface area contributed by atoms with Crippen molar-refractivity contribution >= 4 is 0 Å². The van der Waals surface area contributed by atoms with Crippen molar-refractivity contribution in [3.05, 3.63) is 18.0 Å². The summed E-state index contributed by atoms with van der Waals surface area (Å²) in [6.07, 6.45) is 11.0. The van der Waals surface area contributed by atoms with E-state index < -0.39 is 0 Å². The second kappa shape index (κ2) is 6.72. The predicted octanol–water partition coefficient (Wildman–Crippen LogP) is 4.44. The first-order valence-electron chi connectivity index (χ1n) is 6.73. The molecule has 0 radical (unpaired) electrons. The van der Waals surface area contributed by atoms with Crippen molar-refractivity contribution in [1.82, 2.24) is 10.2 Å². The summed E-state index contributed by atoms with van der Waals surface area (Å²) >= 11 is 0. The lowest BCUT2D eigenvalue weighted by Crippen LogP contribution is -2.22. The number of aromatic nitrogens is 2. The molecule has 0 aliphatic heterocycles. The van der Waals surface area contributed by atoms with Crippen LogP contribution < -0.4 is 0 Å². The van der Waals surface area contributed by atoms with Crippen LogP contribution in [0.3, 0.4) is 0 Å². The van der Waals surface area contributed by atoms with Crippen LogP contribution in [0.15, 0.2) is 12.3 Å². The Hall–Kier alpha value is -0.790. The van der Waals surface area contributed by atoms with Crippen LogP contribution in [0.4, 0.5) is 0 Å². The molecule has 2 heteroatoms. The normalized spacial score (nSPS) is 14.9. The molecule has 0 aliphatic carbocycles. The van der Waals surface area contributed by atoms with Gasteiger partial charge in [0.15, 0.2) is 0 Å². The van der Waals surface area contributed by atoms with Gasteiger partial charge in [0.1, 0.15) is 0 Å². The number of hydrogen-bond donors (Lipinski definition) is 1. The number of aromatic amines is 1. The minimum Gasteiger partial charge on any atom is -0.282 e. The third kappa shape index (κ3) is 3.66. The summed E-state index contributed by atoms with van der Waals surface area (Å²) < 4.78 is 0. The lowest BCUT2D eigenvalue weighted by atomic mass is 9.78. The molecule has 2 nitrogen and oxygen atoms in total. The van der Waals surface area contributed by atoms with E-state index in [1.54, 1.807) is 0 Å². The second-order valence-corrected chi connectivity index (χ2v) is 5.09. The highest BCUT2D eigenvalue weighted by Crippen LogP contribution is 2.33. The van der Waals surface area contributed by atoms with Crippen molar-refractivity contribution in [3.63, 3.8) is 0 Å². The Bertz CT molecular complexity index is 266. The van der Waals surface area contributed by atoms with Gasteiger partial charge in [-0.05, 0) is 18.9 Å². The van der Waals surface area contributed by atoms with Crippen LogP contribution in [-0.2, 0) is 5.41 Å². The molecule has 92 valence electrons. The molecule has 1 unspecified atom stereocenters. The number of H-pyrrole nitrogens is 1. The van der Waals surface area contributed by atoms with E-state index in [-0.39, 0.29) is 0 Å². The SMILES string of the molecule is CCCCCCC(C)(CCC)c1ccn[nH]1. The van der Waals surface area contributed by atoms with Gasteiger partial charge in [0.2, 0.25) is 0 Å². The molecule has 1 aromatic heterocycles. The Morgan fingerprint density at radius 3 is 2.50 bits per heavy atom. The van der Waals surface area contributed by atoms with Gasteiger partial charge in [0.25, 0.3) is 0 Å². The molecule has 1 atom stereocenters. The van der Waals surface area contributed by atoms with Crippen molar-refractivity contribution in [2.45, 2.75) is 71.1 Å². The number of unbranched alkanes of at least 4 members (excludes halogenated alkanes) is 3. The number of rotatable bonds is 8. The molecule has 0 fully saturated rings. The van der Waals surface area contributed by atoms with Gasteiger partial charge in [0, 0.05) is 17.3 Å². The molecule has 0 aromatic carbocycles. The zero-order valence-electron chi connectivity index (χ0n) is 11.1. The lowest BCUT2D eigenvalue weighted by molar-refractivity contribution is 0.367. The summed E-state index contributed by atoms with van der Waals surface area (Å²) in [6.45, 7) is 6.90. The molecule has 0 amide bonds. The third-order valence-electron chi connectivity index (χ3n) is 3.53. The largest absolute Gasteiger partial charge is 0.282 e. The molecule has 16 heavy (non-hydrogen) atoms. The van der Waals surface area contributed by atoms with Crippen molar-refractivity contribution in [2.24, 2.45) is 0 Å². The van der Waals surface area contributed by atoms with Gasteiger partial charge in [-0.25, -0.2) is 0 Å². The summed E-state index contributed by atoms with van der Waals surface area (Å²) in [4.78, 5) is 0.